The lowest BCUT2D eigenvalue weighted by Gasteiger charge is -2.17. The van der Waals surface area contributed by atoms with Gasteiger partial charge < -0.3 is 25.2 Å². The third-order valence-electron chi connectivity index (χ3n) is 3.69. The third-order valence-corrected chi connectivity index (χ3v) is 3.69. The number of ether oxygens (including phenoxy) is 1. The summed E-state index contributed by atoms with van der Waals surface area (Å²) in [5, 5.41) is 39.4. The number of nitrogens with zero attached hydrogens (tertiary/aromatic N) is 3. The fraction of sp³-hybridized carbons (Fsp3) is 0.417. The second-order valence-corrected chi connectivity index (χ2v) is 5.10. The van der Waals surface area contributed by atoms with Crippen LogP contribution >= 0.6 is 0 Å². The van der Waals surface area contributed by atoms with E-state index in [9.17, 15) is 24.6 Å². The first-order valence-electron chi connectivity index (χ1n) is 6.72. The molecule has 3 rings (SSSR count). The molecule has 1 fully saturated rings. The van der Waals surface area contributed by atoms with Gasteiger partial charge in [0.05, 0.1) is 6.61 Å². The van der Waals surface area contributed by atoms with Crippen molar-refractivity contribution in [2.24, 2.45) is 0 Å². The topological polar surface area (TPSA) is 188 Å². The van der Waals surface area contributed by atoms with Gasteiger partial charge in [-0.1, -0.05) is 0 Å². The van der Waals surface area contributed by atoms with Crippen molar-refractivity contribution < 1.29 is 30.0 Å². The monoisotopic (exact) mass is 340 g/mol. The van der Waals surface area contributed by atoms with E-state index in [-0.39, 0.29) is 0 Å². The van der Waals surface area contributed by atoms with Gasteiger partial charge in [-0.25, -0.2) is 19.4 Å². The molecule has 24 heavy (non-hydrogen) atoms. The van der Waals surface area contributed by atoms with Gasteiger partial charge in [0, 0.05) is 0 Å². The van der Waals surface area contributed by atoms with E-state index in [2.05, 4.69) is 15.1 Å². The summed E-state index contributed by atoms with van der Waals surface area (Å²) in [6.07, 6.45) is -4.91. The zero-order chi connectivity index (χ0) is 17.6. The molecule has 1 saturated heterocycles. The Morgan fingerprint density at radius 1 is 1.29 bits per heavy atom. The maximum atomic E-state index is 12.5. The molecule has 3 heterocycles. The first-order valence-corrected chi connectivity index (χ1v) is 6.72. The Hall–Kier alpha value is -2.67. The van der Waals surface area contributed by atoms with Crippen LogP contribution in [0.4, 0.5) is 0 Å². The zero-order valence-corrected chi connectivity index (χ0v) is 11.9. The van der Waals surface area contributed by atoms with Crippen LogP contribution in [0.2, 0.25) is 0 Å². The molecule has 0 radical (unpaired) electrons. The number of hydrogen-bond acceptors (Lipinski definition) is 9. The number of rotatable bonds is 3. The molecule has 12 nitrogen and oxygen atoms in total. The predicted molar refractivity (Wildman–Crippen MR) is 74.4 cm³/mol. The number of carboxylic acids is 1. The number of aromatic amines is 1. The van der Waals surface area contributed by atoms with Crippen LogP contribution in [-0.2, 0) is 4.74 Å². The minimum absolute atomic E-state index is 0.483. The number of aromatic nitrogens is 4. The highest BCUT2D eigenvalue weighted by atomic mass is 16.6. The van der Waals surface area contributed by atoms with Crippen molar-refractivity contribution in [1.82, 2.24) is 19.7 Å². The van der Waals surface area contributed by atoms with Crippen LogP contribution < -0.4 is 11.1 Å². The summed E-state index contributed by atoms with van der Waals surface area (Å²) in [6.45, 7) is -0.618. The number of nitrogens with one attached hydrogen (secondary N) is 1. The molecule has 0 spiro atoms. The minimum atomic E-state index is -1.60. The lowest BCUT2D eigenvalue weighted by atomic mass is 10.1. The number of hydrogen-bond donors (Lipinski definition) is 5. The number of carbonyl (C=O) groups is 1. The lowest BCUT2D eigenvalue weighted by Crippen LogP contribution is -2.39. The summed E-state index contributed by atoms with van der Waals surface area (Å²) in [5.74, 6) is -1.52. The Morgan fingerprint density at radius 3 is 2.58 bits per heavy atom. The number of carboxylic acid groups (broad SMARTS) is 1. The SMILES string of the molecule is O=C(O)c1ncnc2c(=O)n([C@@H]3O[C@H](CO)[C@@H](O)[C@H]3O)[nH]c(=O)c12. The Balaban J connectivity index is 2.22. The molecular weight excluding hydrogens is 328 g/mol. The van der Waals surface area contributed by atoms with Gasteiger partial charge in [0.1, 0.15) is 35.5 Å². The van der Waals surface area contributed by atoms with Gasteiger partial charge in [0.25, 0.3) is 11.1 Å². The van der Waals surface area contributed by atoms with Crippen molar-refractivity contribution >= 4 is 16.9 Å². The van der Waals surface area contributed by atoms with Gasteiger partial charge in [-0.05, 0) is 0 Å². The van der Waals surface area contributed by atoms with Gasteiger partial charge in [-0.15, -0.1) is 0 Å². The van der Waals surface area contributed by atoms with Crippen LogP contribution in [0.5, 0.6) is 0 Å². The summed E-state index contributed by atoms with van der Waals surface area (Å²) < 4.78 is 5.76. The molecule has 0 unspecified atom stereocenters. The first kappa shape index (κ1) is 16.2. The zero-order valence-electron chi connectivity index (χ0n) is 11.9. The number of aliphatic hydroxyl groups excluding tert-OH is 3. The van der Waals surface area contributed by atoms with Crippen LogP contribution in [0.3, 0.4) is 0 Å². The fourth-order valence-corrected chi connectivity index (χ4v) is 2.53. The molecular formula is C12H12N4O8. The summed E-state index contributed by atoms with van der Waals surface area (Å²) in [7, 11) is 0. The molecule has 2 aromatic heterocycles. The molecule has 12 heteroatoms. The molecule has 5 N–H and O–H groups in total. The maximum Gasteiger partial charge on any atom is 0.355 e. The summed E-state index contributed by atoms with van der Waals surface area (Å²) in [5.41, 5.74) is -3.07. The van der Waals surface area contributed by atoms with E-state index in [1.54, 1.807) is 0 Å². The van der Waals surface area contributed by atoms with Crippen molar-refractivity contribution in [3.05, 3.63) is 32.7 Å². The van der Waals surface area contributed by atoms with Crippen LogP contribution in [0.15, 0.2) is 15.9 Å². The summed E-state index contributed by atoms with van der Waals surface area (Å²) in [4.78, 5) is 42.8. The van der Waals surface area contributed by atoms with E-state index in [0.717, 1.165) is 6.33 Å². The second kappa shape index (κ2) is 5.76. The molecule has 4 atom stereocenters. The van der Waals surface area contributed by atoms with Crippen molar-refractivity contribution in [3.63, 3.8) is 0 Å². The van der Waals surface area contributed by atoms with Crippen LogP contribution in [0.25, 0.3) is 10.9 Å². The Labute approximate surface area is 131 Å². The van der Waals surface area contributed by atoms with Crippen molar-refractivity contribution in [2.45, 2.75) is 24.5 Å². The van der Waals surface area contributed by atoms with Crippen molar-refractivity contribution in [1.29, 1.82) is 0 Å². The quantitative estimate of drug-likeness (QED) is 0.380. The normalized spacial score (nSPS) is 26.8. The fourth-order valence-electron chi connectivity index (χ4n) is 2.53. The van der Waals surface area contributed by atoms with E-state index < -0.39 is 64.8 Å². The number of aliphatic hydroxyl groups is 3. The first-order chi connectivity index (χ1) is 11.4. The van der Waals surface area contributed by atoms with E-state index in [1.165, 1.54) is 0 Å². The molecule has 0 bridgehead atoms. The van der Waals surface area contributed by atoms with Gasteiger partial charge in [-0.3, -0.25) is 14.7 Å². The van der Waals surface area contributed by atoms with Gasteiger partial charge in [0.15, 0.2) is 11.9 Å². The highest BCUT2D eigenvalue weighted by Crippen LogP contribution is 2.27. The van der Waals surface area contributed by atoms with Crippen LogP contribution in [0.1, 0.15) is 16.7 Å². The molecule has 0 aromatic carbocycles. The van der Waals surface area contributed by atoms with Gasteiger partial charge in [0.2, 0.25) is 0 Å². The third kappa shape index (κ3) is 2.28. The molecule has 128 valence electrons. The summed E-state index contributed by atoms with van der Waals surface area (Å²) >= 11 is 0. The Bertz CT molecular complexity index is 921. The Kier molecular flexibility index (Phi) is 3.88. The molecule has 1 aliphatic heterocycles. The van der Waals surface area contributed by atoms with E-state index in [4.69, 9.17) is 14.9 Å². The van der Waals surface area contributed by atoms with Crippen LogP contribution in [0, 0.1) is 0 Å². The van der Waals surface area contributed by atoms with Gasteiger partial charge >= 0.3 is 5.97 Å². The van der Waals surface area contributed by atoms with Crippen LogP contribution in [-0.4, -0.2) is 71.1 Å². The molecule has 0 aliphatic carbocycles. The number of fused-ring (bicyclic) bond motifs is 1. The van der Waals surface area contributed by atoms with Crippen molar-refractivity contribution in [3.8, 4) is 0 Å². The highest BCUT2D eigenvalue weighted by molar-refractivity contribution is 5.99. The molecule has 2 aromatic rings. The predicted octanol–water partition coefficient (Wildman–Crippen LogP) is -3.21. The molecule has 0 saturated carbocycles. The standard InChI is InChI=1S/C12H12N4O8/c17-1-3-7(18)8(19)11(24-3)16-10(21)5-4(9(20)15-16)6(12(22)23)14-2-13-5/h2-3,7-8,11,17-19H,1H2,(H,15,20)(H,22,23)/t3-,7-,8-,11-/m1/s1. The average molecular weight is 340 g/mol. The molecule has 1 aliphatic rings. The van der Waals surface area contributed by atoms with Crippen molar-refractivity contribution in [2.75, 3.05) is 6.61 Å². The maximum absolute atomic E-state index is 12.5. The smallest absolute Gasteiger partial charge is 0.355 e. The highest BCUT2D eigenvalue weighted by Gasteiger charge is 2.44. The van der Waals surface area contributed by atoms with E-state index in [1.807, 2.05) is 0 Å². The van der Waals surface area contributed by atoms with E-state index in [0.29, 0.717) is 4.68 Å². The summed E-state index contributed by atoms with van der Waals surface area (Å²) in [6, 6.07) is 0. The number of aromatic carboxylic acids is 1. The number of H-pyrrole nitrogens is 1. The Morgan fingerprint density at radius 2 is 2.00 bits per heavy atom. The minimum Gasteiger partial charge on any atom is -0.476 e. The largest absolute Gasteiger partial charge is 0.476 e. The lowest BCUT2D eigenvalue weighted by molar-refractivity contribution is -0.0610. The molecule has 0 amide bonds. The second-order valence-electron chi connectivity index (χ2n) is 5.10. The van der Waals surface area contributed by atoms with Gasteiger partial charge in [-0.2, -0.15) is 0 Å². The van der Waals surface area contributed by atoms with E-state index >= 15 is 0 Å². The average Bonchev–Trinajstić information content (AvgIpc) is 2.85.